The number of hydrogen-bond donors (Lipinski definition) is 1. The van der Waals surface area contributed by atoms with E-state index in [1.807, 2.05) is 12.1 Å². The highest BCUT2D eigenvalue weighted by atomic mass is 35.5. The van der Waals surface area contributed by atoms with Gasteiger partial charge in [-0.2, -0.15) is 0 Å². The van der Waals surface area contributed by atoms with E-state index in [4.69, 9.17) is 17.3 Å². The molecule has 2 atom stereocenters. The minimum Gasteiger partial charge on any atom is -0.328 e. The van der Waals surface area contributed by atoms with E-state index >= 15 is 0 Å². The van der Waals surface area contributed by atoms with Gasteiger partial charge in [0.25, 0.3) is 0 Å². The Hall–Kier alpha value is -0.530. The first-order valence-corrected chi connectivity index (χ1v) is 6.46. The molecule has 0 spiro atoms. The largest absolute Gasteiger partial charge is 0.328 e. The van der Waals surface area contributed by atoms with Crippen molar-refractivity contribution in [1.82, 2.24) is 0 Å². The first-order chi connectivity index (χ1) is 7.56. The molecule has 2 N–H and O–H groups in total. The fraction of sp³-hybridized carbons (Fsp3) is 0.571. The fourth-order valence-electron chi connectivity index (χ4n) is 2.85. The van der Waals surface area contributed by atoms with Crippen LogP contribution < -0.4 is 5.73 Å². The van der Waals surface area contributed by atoms with Crippen LogP contribution in [0.3, 0.4) is 0 Å². The zero-order valence-corrected chi connectivity index (χ0v) is 10.8. The summed E-state index contributed by atoms with van der Waals surface area (Å²) in [5.41, 5.74) is 7.79. The lowest BCUT2D eigenvalue weighted by atomic mass is 9.56. The van der Waals surface area contributed by atoms with Gasteiger partial charge in [-0.3, -0.25) is 0 Å². The van der Waals surface area contributed by atoms with Gasteiger partial charge >= 0.3 is 0 Å². The first kappa shape index (κ1) is 11.9. The summed E-state index contributed by atoms with van der Waals surface area (Å²) < 4.78 is 0. The van der Waals surface area contributed by atoms with Gasteiger partial charge in [0.1, 0.15) is 0 Å². The van der Waals surface area contributed by atoms with Crippen molar-refractivity contribution >= 4 is 11.6 Å². The van der Waals surface area contributed by atoms with Gasteiger partial charge in [0.2, 0.25) is 0 Å². The SMILES string of the molecule is CC(N)C(C)C1(c2ccc(Cl)cc2)CCC1. The van der Waals surface area contributed by atoms with Gasteiger partial charge < -0.3 is 5.73 Å². The van der Waals surface area contributed by atoms with Crippen LogP contribution in [-0.2, 0) is 5.41 Å². The number of hydrogen-bond acceptors (Lipinski definition) is 1. The Morgan fingerprint density at radius 2 is 1.75 bits per heavy atom. The third-order valence-corrected chi connectivity index (χ3v) is 4.58. The van der Waals surface area contributed by atoms with Crippen molar-refractivity contribution in [2.24, 2.45) is 11.7 Å². The second-order valence-electron chi connectivity index (χ2n) is 5.16. The second kappa shape index (κ2) is 4.38. The van der Waals surface area contributed by atoms with Crippen molar-refractivity contribution in [3.8, 4) is 0 Å². The summed E-state index contributed by atoms with van der Waals surface area (Å²) in [4.78, 5) is 0. The van der Waals surface area contributed by atoms with E-state index in [-0.39, 0.29) is 6.04 Å². The average Bonchev–Trinajstić information content (AvgIpc) is 2.19. The molecule has 16 heavy (non-hydrogen) atoms. The van der Waals surface area contributed by atoms with Crippen LogP contribution in [0.4, 0.5) is 0 Å². The Kier molecular flexibility index (Phi) is 3.27. The van der Waals surface area contributed by atoms with Crippen molar-refractivity contribution < 1.29 is 0 Å². The van der Waals surface area contributed by atoms with Crippen LogP contribution >= 0.6 is 11.6 Å². The van der Waals surface area contributed by atoms with Crippen LogP contribution in [0, 0.1) is 5.92 Å². The number of nitrogens with two attached hydrogens (primary N) is 1. The number of benzene rings is 1. The molecular weight excluding hydrogens is 218 g/mol. The van der Waals surface area contributed by atoms with Gasteiger partial charge in [-0.05, 0) is 48.8 Å². The molecular formula is C14H20ClN. The molecule has 1 aliphatic carbocycles. The lowest BCUT2D eigenvalue weighted by molar-refractivity contribution is 0.140. The van der Waals surface area contributed by atoms with E-state index in [1.165, 1.54) is 24.8 Å². The van der Waals surface area contributed by atoms with Crippen molar-refractivity contribution in [3.63, 3.8) is 0 Å². The summed E-state index contributed by atoms with van der Waals surface area (Å²) in [5, 5.41) is 0.812. The highest BCUT2D eigenvalue weighted by Gasteiger charge is 2.44. The molecule has 2 unspecified atom stereocenters. The quantitative estimate of drug-likeness (QED) is 0.852. The molecule has 0 radical (unpaired) electrons. The van der Waals surface area contributed by atoms with Gasteiger partial charge in [0, 0.05) is 11.1 Å². The molecule has 1 fully saturated rings. The molecule has 0 amide bonds. The average molecular weight is 238 g/mol. The minimum absolute atomic E-state index is 0.246. The van der Waals surface area contributed by atoms with Crippen molar-refractivity contribution in [2.45, 2.75) is 44.6 Å². The maximum atomic E-state index is 6.07. The molecule has 2 rings (SSSR count). The Morgan fingerprint density at radius 1 is 1.19 bits per heavy atom. The predicted octanol–water partition coefficient (Wildman–Crippen LogP) is 3.75. The van der Waals surface area contributed by atoms with Crippen LogP contribution in [0.1, 0.15) is 38.7 Å². The highest BCUT2D eigenvalue weighted by Crippen LogP contribution is 2.50. The van der Waals surface area contributed by atoms with E-state index in [1.54, 1.807) is 0 Å². The molecule has 1 saturated carbocycles. The molecule has 0 aliphatic heterocycles. The molecule has 1 aromatic rings. The summed E-state index contributed by atoms with van der Waals surface area (Å²) in [6.07, 6.45) is 3.84. The molecule has 1 aliphatic rings. The predicted molar refractivity (Wildman–Crippen MR) is 69.8 cm³/mol. The van der Waals surface area contributed by atoms with E-state index in [9.17, 15) is 0 Å². The summed E-state index contributed by atoms with van der Waals surface area (Å²) >= 11 is 5.94. The molecule has 88 valence electrons. The molecule has 2 heteroatoms. The Labute approximate surface area is 103 Å². The van der Waals surface area contributed by atoms with Crippen LogP contribution in [0.5, 0.6) is 0 Å². The minimum atomic E-state index is 0.246. The number of halogens is 1. The van der Waals surface area contributed by atoms with Gasteiger partial charge in [0.15, 0.2) is 0 Å². The van der Waals surface area contributed by atoms with Gasteiger partial charge in [-0.1, -0.05) is 37.1 Å². The van der Waals surface area contributed by atoms with Crippen molar-refractivity contribution in [1.29, 1.82) is 0 Å². The monoisotopic (exact) mass is 237 g/mol. The standard InChI is InChI=1S/C14H20ClN/c1-10(11(2)16)14(8-3-9-14)12-4-6-13(15)7-5-12/h4-7,10-11H,3,8-9,16H2,1-2H3. The summed E-state index contributed by atoms with van der Waals surface area (Å²) in [5.74, 6) is 0.530. The van der Waals surface area contributed by atoms with E-state index in [0.717, 1.165) is 5.02 Å². The van der Waals surface area contributed by atoms with Crippen LogP contribution in [0.2, 0.25) is 5.02 Å². The molecule has 1 aromatic carbocycles. The first-order valence-electron chi connectivity index (χ1n) is 6.08. The number of rotatable bonds is 3. The lowest BCUT2D eigenvalue weighted by Gasteiger charge is -2.48. The second-order valence-corrected chi connectivity index (χ2v) is 5.60. The summed E-state index contributed by atoms with van der Waals surface area (Å²) in [6.45, 7) is 4.39. The van der Waals surface area contributed by atoms with Crippen LogP contribution in [-0.4, -0.2) is 6.04 Å². The zero-order chi connectivity index (χ0) is 11.8. The maximum absolute atomic E-state index is 6.07. The van der Waals surface area contributed by atoms with Crippen molar-refractivity contribution in [3.05, 3.63) is 34.9 Å². The van der Waals surface area contributed by atoms with Gasteiger partial charge in [-0.25, -0.2) is 0 Å². The molecule has 0 aromatic heterocycles. The summed E-state index contributed by atoms with van der Waals surface area (Å²) in [6, 6.07) is 8.56. The smallest absolute Gasteiger partial charge is 0.0406 e. The molecule has 0 saturated heterocycles. The maximum Gasteiger partial charge on any atom is 0.0406 e. The molecule has 0 bridgehead atoms. The van der Waals surface area contributed by atoms with E-state index in [2.05, 4.69) is 26.0 Å². The third-order valence-electron chi connectivity index (χ3n) is 4.33. The normalized spacial score (nSPS) is 22.2. The van der Waals surface area contributed by atoms with E-state index in [0.29, 0.717) is 11.3 Å². The van der Waals surface area contributed by atoms with Gasteiger partial charge in [0.05, 0.1) is 0 Å². The van der Waals surface area contributed by atoms with Crippen LogP contribution in [0.15, 0.2) is 24.3 Å². The fourth-order valence-corrected chi connectivity index (χ4v) is 2.98. The zero-order valence-electron chi connectivity index (χ0n) is 10.0. The van der Waals surface area contributed by atoms with Crippen molar-refractivity contribution in [2.75, 3.05) is 0 Å². The Balaban J connectivity index is 2.31. The lowest BCUT2D eigenvalue weighted by Crippen LogP contribution is -2.47. The third kappa shape index (κ3) is 1.87. The molecule has 0 heterocycles. The topological polar surface area (TPSA) is 26.0 Å². The summed E-state index contributed by atoms with van der Waals surface area (Å²) in [7, 11) is 0. The Morgan fingerprint density at radius 3 is 2.12 bits per heavy atom. The highest BCUT2D eigenvalue weighted by molar-refractivity contribution is 6.30. The molecule has 1 nitrogen and oxygen atoms in total. The van der Waals surface area contributed by atoms with Gasteiger partial charge in [-0.15, -0.1) is 0 Å². The van der Waals surface area contributed by atoms with Crippen LogP contribution in [0.25, 0.3) is 0 Å². The Bertz CT molecular complexity index is 352. The van der Waals surface area contributed by atoms with E-state index < -0.39 is 0 Å².